The smallest absolute Gasteiger partial charge is 0.255 e. The standard InChI is InChI=1S/C15H13BrClNO/c1-10-8-13(6-7-14(10)16)18-15(19)12-4-2-11(9-17)3-5-12/h2-8H,9H2,1H3,(H,18,19). The minimum absolute atomic E-state index is 0.122. The maximum Gasteiger partial charge on any atom is 0.255 e. The van der Waals surface area contributed by atoms with Gasteiger partial charge in [-0.1, -0.05) is 28.1 Å². The molecule has 0 aliphatic rings. The second-order valence-electron chi connectivity index (χ2n) is 4.25. The Labute approximate surface area is 125 Å². The number of amides is 1. The number of aryl methyl sites for hydroxylation is 1. The lowest BCUT2D eigenvalue weighted by molar-refractivity contribution is 0.102. The summed E-state index contributed by atoms with van der Waals surface area (Å²) in [6.07, 6.45) is 0. The first-order valence-electron chi connectivity index (χ1n) is 5.82. The zero-order chi connectivity index (χ0) is 13.8. The quantitative estimate of drug-likeness (QED) is 0.804. The monoisotopic (exact) mass is 337 g/mol. The third kappa shape index (κ3) is 3.58. The van der Waals surface area contributed by atoms with Crippen LogP contribution in [0.5, 0.6) is 0 Å². The first kappa shape index (κ1) is 14.1. The summed E-state index contributed by atoms with van der Waals surface area (Å²) in [5.41, 5.74) is 3.48. The molecular formula is C15H13BrClNO. The molecule has 0 atom stereocenters. The molecule has 0 bridgehead atoms. The van der Waals surface area contributed by atoms with Crippen molar-refractivity contribution >= 4 is 39.1 Å². The molecule has 1 N–H and O–H groups in total. The minimum atomic E-state index is -0.122. The van der Waals surface area contributed by atoms with Crippen molar-refractivity contribution in [1.82, 2.24) is 0 Å². The molecule has 0 heterocycles. The molecule has 0 unspecified atom stereocenters. The normalized spacial score (nSPS) is 10.3. The highest BCUT2D eigenvalue weighted by Crippen LogP contribution is 2.20. The van der Waals surface area contributed by atoms with Crippen LogP contribution in [-0.2, 0) is 5.88 Å². The summed E-state index contributed by atoms with van der Waals surface area (Å²) in [5, 5.41) is 2.87. The molecule has 0 aromatic heterocycles. The van der Waals surface area contributed by atoms with Crippen molar-refractivity contribution in [2.45, 2.75) is 12.8 Å². The van der Waals surface area contributed by atoms with Gasteiger partial charge in [-0.2, -0.15) is 0 Å². The van der Waals surface area contributed by atoms with Gasteiger partial charge in [-0.25, -0.2) is 0 Å². The number of hydrogen-bond donors (Lipinski definition) is 1. The van der Waals surface area contributed by atoms with Gasteiger partial charge in [0, 0.05) is 21.6 Å². The SMILES string of the molecule is Cc1cc(NC(=O)c2ccc(CCl)cc2)ccc1Br. The third-order valence-electron chi connectivity index (χ3n) is 2.79. The zero-order valence-electron chi connectivity index (χ0n) is 10.4. The average molecular weight is 339 g/mol. The van der Waals surface area contributed by atoms with Gasteiger partial charge in [-0.3, -0.25) is 4.79 Å². The lowest BCUT2D eigenvalue weighted by Crippen LogP contribution is -2.11. The van der Waals surface area contributed by atoms with E-state index in [-0.39, 0.29) is 5.91 Å². The minimum Gasteiger partial charge on any atom is -0.322 e. The summed E-state index contributed by atoms with van der Waals surface area (Å²) >= 11 is 9.15. The van der Waals surface area contributed by atoms with Crippen molar-refractivity contribution in [3.05, 3.63) is 63.6 Å². The summed E-state index contributed by atoms with van der Waals surface area (Å²) in [6, 6.07) is 13.0. The summed E-state index contributed by atoms with van der Waals surface area (Å²) < 4.78 is 1.02. The van der Waals surface area contributed by atoms with E-state index in [1.807, 2.05) is 37.3 Å². The van der Waals surface area contributed by atoms with E-state index >= 15 is 0 Å². The summed E-state index contributed by atoms with van der Waals surface area (Å²) in [4.78, 5) is 12.1. The van der Waals surface area contributed by atoms with Crippen molar-refractivity contribution in [3.8, 4) is 0 Å². The first-order valence-corrected chi connectivity index (χ1v) is 7.15. The maximum atomic E-state index is 12.1. The van der Waals surface area contributed by atoms with Crippen LogP contribution in [0.1, 0.15) is 21.5 Å². The van der Waals surface area contributed by atoms with Gasteiger partial charge in [-0.15, -0.1) is 11.6 Å². The van der Waals surface area contributed by atoms with Crippen LogP contribution in [-0.4, -0.2) is 5.91 Å². The van der Waals surface area contributed by atoms with Gasteiger partial charge in [0.05, 0.1) is 0 Å². The van der Waals surface area contributed by atoms with E-state index < -0.39 is 0 Å². The van der Waals surface area contributed by atoms with Gasteiger partial charge in [0.25, 0.3) is 5.91 Å². The Bertz CT molecular complexity index is 596. The van der Waals surface area contributed by atoms with E-state index in [9.17, 15) is 4.79 Å². The highest BCUT2D eigenvalue weighted by atomic mass is 79.9. The van der Waals surface area contributed by atoms with Gasteiger partial charge >= 0.3 is 0 Å². The molecule has 0 spiro atoms. The van der Waals surface area contributed by atoms with E-state index in [0.29, 0.717) is 11.4 Å². The predicted molar refractivity (Wildman–Crippen MR) is 82.8 cm³/mol. The molecule has 4 heteroatoms. The highest BCUT2D eigenvalue weighted by Gasteiger charge is 2.06. The molecule has 19 heavy (non-hydrogen) atoms. The fourth-order valence-electron chi connectivity index (χ4n) is 1.67. The number of carbonyl (C=O) groups is 1. The van der Waals surface area contributed by atoms with Crippen molar-refractivity contribution in [1.29, 1.82) is 0 Å². The van der Waals surface area contributed by atoms with Crippen molar-refractivity contribution in [2.24, 2.45) is 0 Å². The molecule has 0 fully saturated rings. The highest BCUT2D eigenvalue weighted by molar-refractivity contribution is 9.10. The van der Waals surface area contributed by atoms with Gasteiger partial charge in [0.1, 0.15) is 0 Å². The van der Waals surface area contributed by atoms with Gasteiger partial charge < -0.3 is 5.32 Å². The van der Waals surface area contributed by atoms with Gasteiger partial charge in [0.2, 0.25) is 0 Å². The van der Waals surface area contributed by atoms with Crippen LogP contribution in [0.2, 0.25) is 0 Å². The van der Waals surface area contributed by atoms with E-state index in [0.717, 1.165) is 21.3 Å². The van der Waals surface area contributed by atoms with Crippen molar-refractivity contribution < 1.29 is 4.79 Å². The Morgan fingerprint density at radius 2 is 1.89 bits per heavy atom. The van der Waals surface area contributed by atoms with E-state index in [4.69, 9.17) is 11.6 Å². The van der Waals surface area contributed by atoms with Crippen LogP contribution in [0.25, 0.3) is 0 Å². The molecule has 2 rings (SSSR count). The Morgan fingerprint density at radius 3 is 2.47 bits per heavy atom. The molecule has 98 valence electrons. The van der Waals surface area contributed by atoms with Crippen LogP contribution in [0.3, 0.4) is 0 Å². The van der Waals surface area contributed by atoms with Gasteiger partial charge in [0.15, 0.2) is 0 Å². The molecule has 0 radical (unpaired) electrons. The average Bonchev–Trinajstić information content (AvgIpc) is 2.43. The Kier molecular flexibility index (Phi) is 4.61. The van der Waals surface area contributed by atoms with Crippen molar-refractivity contribution in [3.63, 3.8) is 0 Å². The first-order chi connectivity index (χ1) is 9.10. The summed E-state index contributed by atoms with van der Waals surface area (Å²) in [6.45, 7) is 1.98. The fourth-order valence-corrected chi connectivity index (χ4v) is 2.10. The van der Waals surface area contributed by atoms with Crippen LogP contribution in [0.15, 0.2) is 46.9 Å². The van der Waals surface area contributed by atoms with E-state index in [2.05, 4.69) is 21.2 Å². The largest absolute Gasteiger partial charge is 0.322 e. The maximum absolute atomic E-state index is 12.1. The molecule has 0 aliphatic heterocycles. The van der Waals surface area contributed by atoms with Crippen molar-refractivity contribution in [2.75, 3.05) is 5.32 Å². The number of rotatable bonds is 3. The lowest BCUT2D eigenvalue weighted by atomic mass is 10.1. The molecule has 2 aromatic carbocycles. The molecule has 1 amide bonds. The number of nitrogens with one attached hydrogen (secondary N) is 1. The summed E-state index contributed by atoms with van der Waals surface area (Å²) in [5.74, 6) is 0.330. The molecule has 2 aromatic rings. The van der Waals surface area contributed by atoms with Crippen LogP contribution >= 0.6 is 27.5 Å². The number of hydrogen-bond acceptors (Lipinski definition) is 1. The van der Waals surface area contributed by atoms with E-state index in [1.54, 1.807) is 12.1 Å². The van der Waals surface area contributed by atoms with Crippen LogP contribution in [0.4, 0.5) is 5.69 Å². The van der Waals surface area contributed by atoms with Crippen LogP contribution in [0, 0.1) is 6.92 Å². The second kappa shape index (κ2) is 6.22. The Hall–Kier alpha value is -1.32. The second-order valence-corrected chi connectivity index (χ2v) is 5.37. The molecule has 0 aliphatic carbocycles. The Morgan fingerprint density at radius 1 is 1.21 bits per heavy atom. The lowest BCUT2D eigenvalue weighted by Gasteiger charge is -2.07. The summed E-state index contributed by atoms with van der Waals surface area (Å²) in [7, 11) is 0. The zero-order valence-corrected chi connectivity index (χ0v) is 12.8. The van der Waals surface area contributed by atoms with Crippen LogP contribution < -0.4 is 5.32 Å². The predicted octanol–water partition coefficient (Wildman–Crippen LogP) is 4.75. The molecule has 0 saturated carbocycles. The van der Waals surface area contributed by atoms with Gasteiger partial charge in [-0.05, 0) is 48.4 Å². The van der Waals surface area contributed by atoms with E-state index in [1.165, 1.54) is 0 Å². The Balaban J connectivity index is 2.13. The number of halogens is 2. The number of alkyl halides is 1. The molecule has 2 nitrogen and oxygen atoms in total. The number of benzene rings is 2. The fraction of sp³-hybridized carbons (Fsp3) is 0.133. The number of anilines is 1. The molecule has 0 saturated heterocycles. The third-order valence-corrected chi connectivity index (χ3v) is 3.98. The number of carbonyl (C=O) groups excluding carboxylic acids is 1. The molecular weight excluding hydrogens is 326 g/mol. The topological polar surface area (TPSA) is 29.1 Å².